The molecule has 0 spiro atoms. The average Bonchev–Trinajstić information content (AvgIpc) is 3.37. The summed E-state index contributed by atoms with van der Waals surface area (Å²) in [6.45, 7) is 3.75. The van der Waals surface area contributed by atoms with Gasteiger partial charge in [-0.3, -0.25) is 19.7 Å². The van der Waals surface area contributed by atoms with Crippen molar-refractivity contribution in [1.82, 2.24) is 15.5 Å². The highest BCUT2D eigenvalue weighted by atomic mass is 35.5. The van der Waals surface area contributed by atoms with Gasteiger partial charge in [-0.2, -0.15) is 0 Å². The van der Waals surface area contributed by atoms with Crippen LogP contribution in [0.1, 0.15) is 34.3 Å². The van der Waals surface area contributed by atoms with Crippen LogP contribution in [0, 0.1) is 6.92 Å². The van der Waals surface area contributed by atoms with Crippen LogP contribution in [0.15, 0.2) is 89.5 Å². The van der Waals surface area contributed by atoms with Crippen LogP contribution < -0.4 is 16.0 Å². The van der Waals surface area contributed by atoms with E-state index >= 15 is 0 Å². The third-order valence-electron chi connectivity index (χ3n) is 5.50. The van der Waals surface area contributed by atoms with Crippen molar-refractivity contribution in [1.29, 1.82) is 0 Å². The lowest BCUT2D eigenvalue weighted by atomic mass is 10.1. The third-order valence-corrected chi connectivity index (χ3v) is 7.86. The molecule has 0 aliphatic carbocycles. The van der Waals surface area contributed by atoms with Crippen molar-refractivity contribution >= 4 is 69.3 Å². The Balaban J connectivity index is 1.49. The number of benzene rings is 3. The zero-order valence-electron chi connectivity index (χ0n) is 21.7. The molecule has 1 unspecified atom stereocenters. The van der Waals surface area contributed by atoms with Crippen molar-refractivity contribution in [3.63, 3.8) is 0 Å². The van der Waals surface area contributed by atoms with Crippen molar-refractivity contribution in [2.24, 2.45) is 0 Å². The van der Waals surface area contributed by atoms with Gasteiger partial charge in [-0.1, -0.05) is 66.3 Å². The number of carbonyl (C=O) groups excluding carboxylic acids is 3. The summed E-state index contributed by atoms with van der Waals surface area (Å²) in [5.41, 5.74) is 1.69. The van der Waals surface area contributed by atoms with Crippen LogP contribution in [-0.2, 0) is 9.59 Å². The Morgan fingerprint density at radius 1 is 0.975 bits per heavy atom. The van der Waals surface area contributed by atoms with E-state index in [0.717, 1.165) is 9.90 Å². The average molecular weight is 592 g/mol. The van der Waals surface area contributed by atoms with E-state index in [2.05, 4.69) is 26.1 Å². The lowest BCUT2D eigenvalue weighted by Gasteiger charge is -2.15. The fourth-order valence-corrected chi connectivity index (χ4v) is 5.27. The first kappa shape index (κ1) is 29.0. The molecular weight excluding hydrogens is 566 g/mol. The molecule has 3 amide bonds. The Hall–Kier alpha value is -3.99. The minimum Gasteiger partial charge on any atom is -0.321 e. The zero-order valence-corrected chi connectivity index (χ0v) is 24.1. The molecule has 4 rings (SSSR count). The summed E-state index contributed by atoms with van der Waals surface area (Å²) >= 11 is 8.70. The SMILES string of the molecule is CCC(Sc1cccc(NC(=O)/C(=C/c2ccc(Cl)cc2)NC(=O)c2ccccc2)c1)C(=O)Nc1nnc(C)s1. The number of carbonyl (C=O) groups is 3. The van der Waals surface area contributed by atoms with Gasteiger partial charge in [0.15, 0.2) is 0 Å². The summed E-state index contributed by atoms with van der Waals surface area (Å²) in [6, 6.07) is 22.7. The van der Waals surface area contributed by atoms with Crippen LogP contribution in [0.3, 0.4) is 0 Å². The van der Waals surface area contributed by atoms with Crippen LogP contribution in [0.4, 0.5) is 10.8 Å². The summed E-state index contributed by atoms with van der Waals surface area (Å²) in [6.07, 6.45) is 2.17. The molecule has 3 N–H and O–H groups in total. The van der Waals surface area contributed by atoms with Gasteiger partial charge in [-0.25, -0.2) is 0 Å². The smallest absolute Gasteiger partial charge is 0.272 e. The fourth-order valence-electron chi connectivity index (χ4n) is 3.53. The summed E-state index contributed by atoms with van der Waals surface area (Å²) < 4.78 is 0. The van der Waals surface area contributed by atoms with Crippen LogP contribution in [0.25, 0.3) is 6.08 Å². The highest BCUT2D eigenvalue weighted by Gasteiger charge is 2.20. The van der Waals surface area contributed by atoms with Gasteiger partial charge in [0.25, 0.3) is 11.8 Å². The van der Waals surface area contributed by atoms with Gasteiger partial charge in [0.05, 0.1) is 5.25 Å². The maximum atomic E-state index is 13.4. The minimum absolute atomic E-state index is 0.0624. The minimum atomic E-state index is -0.502. The predicted molar refractivity (Wildman–Crippen MR) is 162 cm³/mol. The molecule has 0 radical (unpaired) electrons. The molecule has 0 saturated heterocycles. The monoisotopic (exact) mass is 591 g/mol. The van der Waals surface area contributed by atoms with Crippen molar-refractivity contribution in [2.75, 3.05) is 10.6 Å². The van der Waals surface area contributed by atoms with E-state index in [1.54, 1.807) is 72.8 Å². The van der Waals surface area contributed by atoms with Gasteiger partial charge in [0.1, 0.15) is 10.7 Å². The molecule has 1 atom stereocenters. The normalized spacial score (nSPS) is 11.9. The van der Waals surface area contributed by atoms with E-state index in [0.29, 0.717) is 33.4 Å². The van der Waals surface area contributed by atoms with E-state index in [9.17, 15) is 14.4 Å². The first-order valence-corrected chi connectivity index (χ1v) is 14.4. The zero-order chi connectivity index (χ0) is 28.5. The third kappa shape index (κ3) is 8.25. The van der Waals surface area contributed by atoms with Gasteiger partial charge < -0.3 is 10.6 Å². The number of hydrogen-bond acceptors (Lipinski definition) is 7. The van der Waals surface area contributed by atoms with Crippen molar-refractivity contribution in [3.05, 3.63) is 106 Å². The molecule has 0 aliphatic rings. The molecule has 11 heteroatoms. The molecule has 4 aromatic rings. The topological polar surface area (TPSA) is 113 Å². The Labute approximate surface area is 245 Å². The maximum absolute atomic E-state index is 13.4. The molecule has 3 aromatic carbocycles. The quantitative estimate of drug-likeness (QED) is 0.145. The number of amides is 3. The molecule has 0 fully saturated rings. The number of hydrogen-bond donors (Lipinski definition) is 3. The second-order valence-electron chi connectivity index (χ2n) is 8.54. The number of aryl methyl sites for hydroxylation is 1. The standard InChI is InChI=1S/C29H26ClN5O3S2/c1-3-25(28(38)33-29-35-34-18(2)39-29)40-23-11-7-10-22(17-23)31-27(37)24(16-19-12-14-21(30)15-13-19)32-26(36)20-8-5-4-6-9-20/h4-17,25H,3H2,1-2H3,(H,31,37)(H,32,36)(H,33,35,38)/b24-16-. The number of nitrogens with zero attached hydrogens (tertiary/aromatic N) is 2. The number of thioether (sulfide) groups is 1. The van der Waals surface area contributed by atoms with Gasteiger partial charge in [0.2, 0.25) is 11.0 Å². The Morgan fingerprint density at radius 3 is 2.40 bits per heavy atom. The number of halogens is 1. The number of rotatable bonds is 10. The molecule has 1 aromatic heterocycles. The van der Waals surface area contributed by atoms with Gasteiger partial charge >= 0.3 is 0 Å². The Kier molecular flexibility index (Phi) is 10.1. The van der Waals surface area contributed by atoms with Gasteiger partial charge in [-0.05, 0) is 67.4 Å². The van der Waals surface area contributed by atoms with Crippen LogP contribution in [-0.4, -0.2) is 33.2 Å². The number of anilines is 2. The van der Waals surface area contributed by atoms with Crippen LogP contribution in [0.2, 0.25) is 5.02 Å². The predicted octanol–water partition coefficient (Wildman–Crippen LogP) is 6.42. The Morgan fingerprint density at radius 2 is 1.73 bits per heavy atom. The molecule has 0 aliphatic heterocycles. The Bertz CT molecular complexity index is 1520. The second kappa shape index (κ2) is 13.9. The molecule has 204 valence electrons. The van der Waals surface area contributed by atoms with Gasteiger partial charge in [-0.15, -0.1) is 22.0 Å². The molecular formula is C29H26ClN5O3S2. The lowest BCUT2D eigenvalue weighted by molar-refractivity contribution is -0.116. The molecule has 40 heavy (non-hydrogen) atoms. The fraction of sp³-hybridized carbons (Fsp3) is 0.138. The van der Waals surface area contributed by atoms with Crippen molar-refractivity contribution in [3.8, 4) is 0 Å². The first-order valence-electron chi connectivity index (χ1n) is 12.3. The molecule has 0 saturated carbocycles. The van der Waals surface area contributed by atoms with E-state index in [4.69, 9.17) is 11.6 Å². The first-order chi connectivity index (χ1) is 19.3. The number of nitrogens with one attached hydrogen (secondary N) is 3. The maximum Gasteiger partial charge on any atom is 0.272 e. The van der Waals surface area contributed by atoms with Crippen molar-refractivity contribution < 1.29 is 14.4 Å². The van der Waals surface area contributed by atoms with E-state index in [1.807, 2.05) is 26.0 Å². The summed E-state index contributed by atoms with van der Waals surface area (Å²) in [7, 11) is 0. The number of aromatic nitrogens is 2. The van der Waals surface area contributed by atoms with Gasteiger partial charge in [0, 0.05) is 21.2 Å². The molecule has 1 heterocycles. The highest BCUT2D eigenvalue weighted by molar-refractivity contribution is 8.00. The van der Waals surface area contributed by atoms with E-state index in [1.165, 1.54) is 23.1 Å². The highest BCUT2D eigenvalue weighted by Crippen LogP contribution is 2.29. The lowest BCUT2D eigenvalue weighted by Crippen LogP contribution is -2.30. The molecule has 8 nitrogen and oxygen atoms in total. The van der Waals surface area contributed by atoms with E-state index < -0.39 is 11.8 Å². The summed E-state index contributed by atoms with van der Waals surface area (Å²) in [4.78, 5) is 39.8. The molecule has 0 bridgehead atoms. The second-order valence-corrected chi connectivity index (χ2v) is 11.4. The largest absolute Gasteiger partial charge is 0.321 e. The van der Waals surface area contributed by atoms with Crippen LogP contribution >= 0.6 is 34.7 Å². The van der Waals surface area contributed by atoms with E-state index in [-0.39, 0.29) is 16.9 Å². The summed E-state index contributed by atoms with van der Waals surface area (Å²) in [5, 5.41) is 17.7. The van der Waals surface area contributed by atoms with Crippen molar-refractivity contribution in [2.45, 2.75) is 30.4 Å². The summed E-state index contributed by atoms with van der Waals surface area (Å²) in [5.74, 6) is -1.09. The van der Waals surface area contributed by atoms with Crippen LogP contribution in [0.5, 0.6) is 0 Å².